The molecule has 2 aromatic carbocycles. The number of hydrogen-bond acceptors (Lipinski definition) is 5. The number of rotatable bonds is 7. The van der Waals surface area contributed by atoms with E-state index in [0.717, 1.165) is 0 Å². The van der Waals surface area contributed by atoms with Gasteiger partial charge in [-0.05, 0) is 55.5 Å². The highest BCUT2D eigenvalue weighted by atomic mass is 35.5. The van der Waals surface area contributed by atoms with Crippen LogP contribution in [0.4, 0.5) is 11.4 Å². The van der Waals surface area contributed by atoms with E-state index in [1.54, 1.807) is 48.5 Å². The second-order valence-electron chi connectivity index (χ2n) is 5.63. The second-order valence-corrected chi connectivity index (χ2v) is 6.06. The summed E-state index contributed by atoms with van der Waals surface area (Å²) in [6.45, 7) is 2.48. The number of amides is 2. The lowest BCUT2D eigenvalue weighted by Gasteiger charge is -2.14. The zero-order chi connectivity index (χ0) is 19.8. The molecular weight excluding hydrogens is 372 g/mol. The van der Waals surface area contributed by atoms with Gasteiger partial charge in [0.25, 0.3) is 5.91 Å². The number of halogens is 1. The van der Waals surface area contributed by atoms with Crippen LogP contribution in [0.1, 0.15) is 13.8 Å². The lowest BCUT2D eigenvalue weighted by Crippen LogP contribution is -2.29. The standard InChI is InChI=1S/C19H19ClN2O5/c1-12(27-17-9-3-14(20)4-10-17)19(25)26-11-18(24)22-16-7-5-15(6-8-16)21-13(2)23/h3-10,12H,11H2,1-2H3,(H,21,23)(H,22,24)/t12-/m0/s1. The third-order valence-electron chi connectivity index (χ3n) is 3.29. The minimum Gasteiger partial charge on any atom is -0.479 e. The molecule has 2 rings (SSSR count). The summed E-state index contributed by atoms with van der Waals surface area (Å²) in [6.07, 6.45) is -0.879. The van der Waals surface area contributed by atoms with Crippen LogP contribution in [0.5, 0.6) is 5.75 Å². The fourth-order valence-electron chi connectivity index (χ4n) is 2.06. The van der Waals surface area contributed by atoms with Gasteiger partial charge >= 0.3 is 5.97 Å². The summed E-state index contributed by atoms with van der Waals surface area (Å²) in [5.74, 6) is -0.878. The van der Waals surface area contributed by atoms with E-state index in [1.807, 2.05) is 0 Å². The molecule has 0 saturated heterocycles. The zero-order valence-corrected chi connectivity index (χ0v) is 15.6. The van der Waals surface area contributed by atoms with Crippen molar-refractivity contribution in [3.63, 3.8) is 0 Å². The Morgan fingerprint density at radius 1 is 0.963 bits per heavy atom. The van der Waals surface area contributed by atoms with E-state index >= 15 is 0 Å². The number of benzene rings is 2. The Bertz CT molecular complexity index is 806. The van der Waals surface area contributed by atoms with E-state index in [1.165, 1.54) is 13.8 Å². The van der Waals surface area contributed by atoms with Crippen LogP contribution >= 0.6 is 11.6 Å². The van der Waals surface area contributed by atoms with Crippen molar-refractivity contribution in [2.45, 2.75) is 20.0 Å². The van der Waals surface area contributed by atoms with Gasteiger partial charge in [0, 0.05) is 23.3 Å². The SMILES string of the molecule is CC(=O)Nc1ccc(NC(=O)COC(=O)[C@H](C)Oc2ccc(Cl)cc2)cc1. The number of carbonyl (C=O) groups excluding carboxylic acids is 3. The van der Waals surface area contributed by atoms with Crippen LogP contribution in [0.15, 0.2) is 48.5 Å². The highest BCUT2D eigenvalue weighted by Gasteiger charge is 2.18. The molecule has 0 unspecified atom stereocenters. The van der Waals surface area contributed by atoms with E-state index in [-0.39, 0.29) is 5.91 Å². The molecule has 7 nitrogen and oxygen atoms in total. The first-order valence-electron chi connectivity index (χ1n) is 8.10. The van der Waals surface area contributed by atoms with E-state index in [4.69, 9.17) is 21.1 Å². The Morgan fingerprint density at radius 3 is 2.07 bits per heavy atom. The molecular formula is C19H19ClN2O5. The van der Waals surface area contributed by atoms with E-state index in [9.17, 15) is 14.4 Å². The molecule has 0 fully saturated rings. The average Bonchev–Trinajstić information content (AvgIpc) is 2.62. The van der Waals surface area contributed by atoms with Gasteiger partial charge in [0.1, 0.15) is 5.75 Å². The molecule has 2 N–H and O–H groups in total. The molecule has 27 heavy (non-hydrogen) atoms. The van der Waals surface area contributed by atoms with Crippen LogP contribution < -0.4 is 15.4 Å². The van der Waals surface area contributed by atoms with Crippen LogP contribution in [0.3, 0.4) is 0 Å². The van der Waals surface area contributed by atoms with Gasteiger partial charge in [0.05, 0.1) is 0 Å². The molecule has 0 spiro atoms. The van der Waals surface area contributed by atoms with Gasteiger partial charge in [-0.2, -0.15) is 0 Å². The van der Waals surface area contributed by atoms with Crippen molar-refractivity contribution >= 4 is 40.8 Å². The van der Waals surface area contributed by atoms with Gasteiger partial charge in [0.15, 0.2) is 12.7 Å². The molecule has 0 bridgehead atoms. The fraction of sp³-hybridized carbons (Fsp3) is 0.211. The maximum atomic E-state index is 11.9. The van der Waals surface area contributed by atoms with Crippen LogP contribution in [0.2, 0.25) is 5.02 Å². The summed E-state index contributed by atoms with van der Waals surface area (Å²) < 4.78 is 10.4. The van der Waals surface area contributed by atoms with Crippen LogP contribution in [0, 0.1) is 0 Å². The molecule has 0 radical (unpaired) electrons. The van der Waals surface area contributed by atoms with E-state index < -0.39 is 24.6 Å². The van der Waals surface area contributed by atoms with Crippen molar-refractivity contribution in [3.05, 3.63) is 53.6 Å². The minimum absolute atomic E-state index is 0.186. The number of anilines is 2. The summed E-state index contributed by atoms with van der Waals surface area (Å²) >= 11 is 5.78. The molecule has 8 heteroatoms. The summed E-state index contributed by atoms with van der Waals surface area (Å²) in [6, 6.07) is 13.1. The van der Waals surface area contributed by atoms with Crippen LogP contribution in [0.25, 0.3) is 0 Å². The molecule has 0 saturated carbocycles. The first-order chi connectivity index (χ1) is 12.8. The first-order valence-corrected chi connectivity index (χ1v) is 8.47. The first kappa shape index (κ1) is 20.3. The summed E-state index contributed by atoms with van der Waals surface area (Å²) in [4.78, 5) is 34.8. The normalized spacial score (nSPS) is 11.2. The smallest absolute Gasteiger partial charge is 0.347 e. The van der Waals surface area contributed by atoms with Crippen molar-refractivity contribution in [1.82, 2.24) is 0 Å². The van der Waals surface area contributed by atoms with Crippen LogP contribution in [-0.4, -0.2) is 30.5 Å². The molecule has 0 heterocycles. The van der Waals surface area contributed by atoms with E-state index in [0.29, 0.717) is 22.1 Å². The van der Waals surface area contributed by atoms with Gasteiger partial charge in [-0.15, -0.1) is 0 Å². The summed E-state index contributed by atoms with van der Waals surface area (Å²) in [7, 11) is 0. The molecule has 0 aliphatic heterocycles. The van der Waals surface area contributed by atoms with Gasteiger partial charge in [0.2, 0.25) is 5.91 Å². The molecule has 0 aliphatic carbocycles. The lowest BCUT2D eigenvalue weighted by atomic mass is 10.2. The van der Waals surface area contributed by atoms with Gasteiger partial charge < -0.3 is 20.1 Å². The Kier molecular flexibility index (Phi) is 7.19. The Labute approximate surface area is 161 Å². The topological polar surface area (TPSA) is 93.7 Å². The molecule has 2 amide bonds. The second kappa shape index (κ2) is 9.59. The zero-order valence-electron chi connectivity index (χ0n) is 14.8. The van der Waals surface area contributed by atoms with Crippen molar-refractivity contribution in [3.8, 4) is 5.75 Å². The predicted octanol–water partition coefficient (Wildman–Crippen LogP) is 3.25. The molecule has 0 aliphatic rings. The Morgan fingerprint density at radius 2 is 1.52 bits per heavy atom. The number of nitrogens with one attached hydrogen (secondary N) is 2. The monoisotopic (exact) mass is 390 g/mol. The Hall–Kier alpha value is -3.06. The van der Waals surface area contributed by atoms with Gasteiger partial charge in [-0.3, -0.25) is 9.59 Å². The van der Waals surface area contributed by atoms with Gasteiger partial charge in [-0.1, -0.05) is 11.6 Å². The third-order valence-corrected chi connectivity index (χ3v) is 3.54. The summed E-state index contributed by atoms with van der Waals surface area (Å²) in [5.41, 5.74) is 1.12. The maximum absolute atomic E-state index is 11.9. The van der Waals surface area contributed by atoms with E-state index in [2.05, 4.69) is 10.6 Å². The summed E-state index contributed by atoms with van der Waals surface area (Å²) in [5, 5.41) is 5.76. The third kappa shape index (κ3) is 6.99. The van der Waals surface area contributed by atoms with Gasteiger partial charge in [-0.25, -0.2) is 4.79 Å². The maximum Gasteiger partial charge on any atom is 0.347 e. The van der Waals surface area contributed by atoms with Crippen molar-refractivity contribution in [2.24, 2.45) is 0 Å². The lowest BCUT2D eigenvalue weighted by molar-refractivity contribution is -0.153. The molecule has 1 atom stereocenters. The quantitative estimate of drug-likeness (QED) is 0.708. The average molecular weight is 391 g/mol. The number of ether oxygens (including phenoxy) is 2. The number of hydrogen-bond donors (Lipinski definition) is 2. The Balaban J connectivity index is 1.77. The van der Waals surface area contributed by atoms with Crippen molar-refractivity contribution < 1.29 is 23.9 Å². The highest BCUT2D eigenvalue weighted by molar-refractivity contribution is 6.30. The molecule has 2 aromatic rings. The number of carbonyl (C=O) groups is 3. The predicted molar refractivity (Wildman–Crippen MR) is 102 cm³/mol. The molecule has 0 aromatic heterocycles. The van der Waals surface area contributed by atoms with Crippen molar-refractivity contribution in [1.29, 1.82) is 0 Å². The number of esters is 1. The molecule has 142 valence electrons. The van der Waals surface area contributed by atoms with Crippen molar-refractivity contribution in [2.75, 3.05) is 17.2 Å². The van der Waals surface area contributed by atoms with Crippen LogP contribution in [-0.2, 0) is 19.1 Å². The minimum atomic E-state index is -0.879. The highest BCUT2D eigenvalue weighted by Crippen LogP contribution is 2.17. The fourth-order valence-corrected chi connectivity index (χ4v) is 2.18. The largest absolute Gasteiger partial charge is 0.479 e.